The maximum Gasteiger partial charge on any atom is 0.341 e. The maximum atomic E-state index is 13.0. The molecule has 2 aromatic rings. The van der Waals surface area contributed by atoms with Crippen molar-refractivity contribution in [2.24, 2.45) is 0 Å². The van der Waals surface area contributed by atoms with Crippen LogP contribution in [0.1, 0.15) is 41.6 Å². The van der Waals surface area contributed by atoms with Crippen molar-refractivity contribution < 1.29 is 26.7 Å². The number of nitrogens with one attached hydrogen (secondary N) is 1. The topological polar surface area (TPSA) is 72.5 Å². The molecule has 0 bridgehead atoms. The smallest absolute Gasteiger partial charge is 0.341 e. The van der Waals surface area contributed by atoms with Crippen LogP contribution in [0.15, 0.2) is 53.4 Å². The molecule has 29 heavy (non-hydrogen) atoms. The summed E-state index contributed by atoms with van der Waals surface area (Å²) in [5.41, 5.74) is 0.513. The fraction of sp³-hybridized carbons (Fsp3) is 0.381. The van der Waals surface area contributed by atoms with Gasteiger partial charge in [0.2, 0.25) is 9.84 Å². The van der Waals surface area contributed by atoms with Crippen LogP contribution in [-0.2, 0) is 15.3 Å². The predicted molar refractivity (Wildman–Crippen MR) is 105 cm³/mol. The molecule has 0 heterocycles. The van der Waals surface area contributed by atoms with Gasteiger partial charge in [-0.3, -0.25) is 4.79 Å². The van der Waals surface area contributed by atoms with Crippen molar-refractivity contribution in [2.45, 2.75) is 41.8 Å². The first kappa shape index (κ1) is 21.2. The lowest BCUT2D eigenvalue weighted by Crippen LogP contribution is -2.39. The Morgan fingerprint density at radius 1 is 1.10 bits per heavy atom. The quantitative estimate of drug-likeness (QED) is 0.732. The molecule has 1 aliphatic carbocycles. The van der Waals surface area contributed by atoms with Gasteiger partial charge in [-0.25, -0.2) is 8.42 Å². The summed E-state index contributed by atoms with van der Waals surface area (Å²) in [4.78, 5) is 12.1. The van der Waals surface area contributed by atoms with Crippen LogP contribution in [0.4, 0.5) is 8.78 Å². The zero-order valence-electron chi connectivity index (χ0n) is 16.0. The van der Waals surface area contributed by atoms with Crippen molar-refractivity contribution in [3.8, 4) is 5.75 Å². The molecule has 8 heteroatoms. The summed E-state index contributed by atoms with van der Waals surface area (Å²) in [6.45, 7) is 0.293. The minimum absolute atomic E-state index is 0.268. The van der Waals surface area contributed by atoms with E-state index in [2.05, 4.69) is 5.32 Å². The highest BCUT2D eigenvalue weighted by molar-refractivity contribution is 7.91. The molecular formula is C21H23F2NO4S. The molecule has 0 radical (unpaired) electrons. The zero-order valence-corrected chi connectivity index (χ0v) is 16.8. The van der Waals surface area contributed by atoms with Gasteiger partial charge in [0.1, 0.15) is 5.75 Å². The lowest BCUT2D eigenvalue weighted by atomic mass is 9.78. The number of halogens is 2. The molecule has 0 aromatic heterocycles. The monoisotopic (exact) mass is 423 g/mol. The van der Waals surface area contributed by atoms with Crippen LogP contribution in [0.5, 0.6) is 5.75 Å². The highest BCUT2D eigenvalue weighted by Crippen LogP contribution is 2.41. The van der Waals surface area contributed by atoms with Gasteiger partial charge in [0.15, 0.2) is 0 Å². The van der Waals surface area contributed by atoms with E-state index in [0.29, 0.717) is 6.54 Å². The van der Waals surface area contributed by atoms with Gasteiger partial charge in [-0.15, -0.1) is 0 Å². The van der Waals surface area contributed by atoms with E-state index in [1.54, 1.807) is 7.11 Å². The third kappa shape index (κ3) is 4.27. The van der Waals surface area contributed by atoms with Crippen LogP contribution in [-0.4, -0.2) is 33.7 Å². The molecule has 0 unspecified atom stereocenters. The van der Waals surface area contributed by atoms with Gasteiger partial charge in [-0.05, 0) is 42.7 Å². The van der Waals surface area contributed by atoms with Gasteiger partial charge in [-0.2, -0.15) is 8.78 Å². The Bertz CT molecular complexity index is 968. The zero-order chi connectivity index (χ0) is 21.1. The van der Waals surface area contributed by atoms with Gasteiger partial charge < -0.3 is 10.1 Å². The van der Waals surface area contributed by atoms with Gasteiger partial charge in [0, 0.05) is 12.0 Å². The Balaban J connectivity index is 1.84. The Labute approximate surface area is 169 Å². The second-order valence-electron chi connectivity index (χ2n) is 7.20. The minimum Gasteiger partial charge on any atom is -0.497 e. The first-order valence-electron chi connectivity index (χ1n) is 9.34. The van der Waals surface area contributed by atoms with E-state index in [9.17, 15) is 22.0 Å². The molecule has 3 rings (SSSR count). The molecule has 1 aliphatic rings. The molecule has 1 amide bonds. The second-order valence-corrected chi connectivity index (χ2v) is 9.09. The van der Waals surface area contributed by atoms with E-state index < -0.39 is 26.4 Å². The number of amides is 1. The largest absolute Gasteiger partial charge is 0.497 e. The number of alkyl halides is 2. The van der Waals surface area contributed by atoms with Crippen molar-refractivity contribution in [1.29, 1.82) is 0 Å². The van der Waals surface area contributed by atoms with Crippen LogP contribution in [0.3, 0.4) is 0 Å². The number of hydrogen-bond acceptors (Lipinski definition) is 4. The highest BCUT2D eigenvalue weighted by atomic mass is 32.2. The van der Waals surface area contributed by atoms with Crippen LogP contribution < -0.4 is 10.1 Å². The van der Waals surface area contributed by atoms with Crippen LogP contribution in [0.2, 0.25) is 0 Å². The summed E-state index contributed by atoms with van der Waals surface area (Å²) >= 11 is 0. The Morgan fingerprint density at radius 2 is 1.72 bits per heavy atom. The molecule has 1 fully saturated rings. The number of sulfone groups is 1. The van der Waals surface area contributed by atoms with Gasteiger partial charge in [-0.1, -0.05) is 37.1 Å². The average Bonchev–Trinajstić information content (AvgIpc) is 3.22. The van der Waals surface area contributed by atoms with Gasteiger partial charge in [0.05, 0.1) is 17.6 Å². The Kier molecular flexibility index (Phi) is 6.21. The third-order valence-electron chi connectivity index (χ3n) is 5.52. The summed E-state index contributed by atoms with van der Waals surface area (Å²) in [6.07, 6.45) is 3.77. The average molecular weight is 423 g/mol. The number of hydrogen-bond donors (Lipinski definition) is 1. The lowest BCUT2D eigenvalue weighted by molar-refractivity contribution is 0.0939. The number of carbonyl (C=O) groups excluding carboxylic acids is 1. The van der Waals surface area contributed by atoms with E-state index in [1.165, 1.54) is 18.2 Å². The molecule has 0 spiro atoms. The number of ether oxygens (including phenoxy) is 1. The molecule has 5 nitrogen and oxygen atoms in total. The number of benzene rings is 2. The SMILES string of the molecule is COc1ccc(C2(CNC(=O)c3ccccc3S(=O)(=O)C(F)F)CCCC2)cc1. The van der Waals surface area contributed by atoms with Crippen molar-refractivity contribution >= 4 is 15.7 Å². The highest BCUT2D eigenvalue weighted by Gasteiger charge is 2.37. The number of carbonyl (C=O) groups is 1. The molecule has 0 aliphatic heterocycles. The van der Waals surface area contributed by atoms with E-state index in [-0.39, 0.29) is 11.0 Å². The van der Waals surface area contributed by atoms with Crippen LogP contribution in [0.25, 0.3) is 0 Å². The minimum atomic E-state index is -4.87. The summed E-state index contributed by atoms with van der Waals surface area (Å²) < 4.78 is 55.0. The number of rotatable bonds is 7. The summed E-state index contributed by atoms with van der Waals surface area (Å²) in [5.74, 6) is -3.53. The second kappa shape index (κ2) is 8.49. The number of methoxy groups -OCH3 is 1. The Hall–Kier alpha value is -2.48. The van der Waals surface area contributed by atoms with Crippen LogP contribution >= 0.6 is 0 Å². The van der Waals surface area contributed by atoms with E-state index in [0.717, 1.165) is 43.1 Å². The lowest BCUT2D eigenvalue weighted by Gasteiger charge is -2.30. The van der Waals surface area contributed by atoms with Gasteiger partial charge >= 0.3 is 5.76 Å². The molecule has 2 aromatic carbocycles. The third-order valence-corrected chi connectivity index (χ3v) is 6.96. The van der Waals surface area contributed by atoms with E-state index >= 15 is 0 Å². The summed E-state index contributed by atoms with van der Waals surface area (Å²) in [6, 6.07) is 12.7. The first-order chi connectivity index (χ1) is 13.8. The molecule has 1 N–H and O–H groups in total. The molecule has 1 saturated carbocycles. The molecule has 0 saturated heterocycles. The van der Waals surface area contributed by atoms with Crippen molar-refractivity contribution in [3.63, 3.8) is 0 Å². The van der Waals surface area contributed by atoms with Crippen molar-refractivity contribution in [2.75, 3.05) is 13.7 Å². The normalized spacial score (nSPS) is 16.0. The van der Waals surface area contributed by atoms with E-state index in [4.69, 9.17) is 4.74 Å². The summed E-state index contributed by atoms with van der Waals surface area (Å²) in [5, 5.41) is 2.78. The van der Waals surface area contributed by atoms with Crippen LogP contribution in [0, 0.1) is 0 Å². The molecule has 0 atom stereocenters. The van der Waals surface area contributed by atoms with Crippen molar-refractivity contribution in [3.05, 3.63) is 59.7 Å². The fourth-order valence-corrected chi connectivity index (χ4v) is 4.83. The molecular weight excluding hydrogens is 400 g/mol. The standard InChI is InChI=1S/C21H23F2NO4S/c1-28-16-10-8-15(9-11-16)21(12-4-5-13-21)14-24-19(25)17-6-2-3-7-18(17)29(26,27)20(22)23/h2-3,6-11,20H,4-5,12-14H2,1H3,(H,24,25). The summed E-state index contributed by atoms with van der Waals surface area (Å²) in [7, 11) is -3.28. The fourth-order valence-electron chi connectivity index (χ4n) is 3.91. The van der Waals surface area contributed by atoms with Crippen molar-refractivity contribution in [1.82, 2.24) is 5.32 Å². The predicted octanol–water partition coefficient (Wildman–Crippen LogP) is 3.93. The molecule has 156 valence electrons. The first-order valence-corrected chi connectivity index (χ1v) is 10.9. The Morgan fingerprint density at radius 3 is 2.31 bits per heavy atom. The van der Waals surface area contributed by atoms with E-state index in [1.807, 2.05) is 24.3 Å². The van der Waals surface area contributed by atoms with Gasteiger partial charge in [0.25, 0.3) is 5.91 Å². The maximum absolute atomic E-state index is 13.0.